The van der Waals surface area contributed by atoms with Crippen LogP contribution in [0.4, 0.5) is 13.2 Å². The Hall–Kier alpha value is -1.63. The fourth-order valence-electron chi connectivity index (χ4n) is 1.72. The molecule has 1 aliphatic rings. The van der Waals surface area contributed by atoms with Gasteiger partial charge in [-0.1, -0.05) is 0 Å². The number of hydrogen-bond acceptors (Lipinski definition) is 3. The van der Waals surface area contributed by atoms with Gasteiger partial charge >= 0.3 is 6.18 Å². The van der Waals surface area contributed by atoms with E-state index in [2.05, 4.69) is 15.4 Å². The summed E-state index contributed by atoms with van der Waals surface area (Å²) in [6, 6.07) is 2.02. The van der Waals surface area contributed by atoms with Crippen LogP contribution in [-0.2, 0) is 6.18 Å². The maximum absolute atomic E-state index is 12.5. The highest BCUT2D eigenvalue weighted by atomic mass is 19.4. The molecule has 0 bridgehead atoms. The first kappa shape index (κ1) is 10.5. The Kier molecular flexibility index (Phi) is 2.12. The molecule has 0 aromatic carbocycles. The van der Waals surface area contributed by atoms with Gasteiger partial charge in [0.25, 0.3) is 0 Å². The molecule has 0 saturated carbocycles. The van der Waals surface area contributed by atoms with Crippen LogP contribution in [0.25, 0.3) is 5.65 Å². The molecule has 7 heteroatoms. The Balaban J connectivity index is 2.04. The molecule has 1 aliphatic heterocycles. The van der Waals surface area contributed by atoms with Crippen molar-refractivity contribution >= 4 is 5.65 Å². The van der Waals surface area contributed by atoms with Crippen LogP contribution in [0, 0.1) is 0 Å². The highest BCUT2D eigenvalue weighted by Crippen LogP contribution is 2.29. The summed E-state index contributed by atoms with van der Waals surface area (Å²) in [7, 11) is 0. The van der Waals surface area contributed by atoms with Crippen molar-refractivity contribution in [2.75, 3.05) is 13.1 Å². The van der Waals surface area contributed by atoms with Crippen LogP contribution >= 0.6 is 0 Å². The van der Waals surface area contributed by atoms with Crippen molar-refractivity contribution in [2.24, 2.45) is 0 Å². The zero-order valence-electron chi connectivity index (χ0n) is 8.70. The molecule has 1 saturated heterocycles. The van der Waals surface area contributed by atoms with E-state index in [-0.39, 0.29) is 11.6 Å². The number of pyridine rings is 1. The van der Waals surface area contributed by atoms with Crippen molar-refractivity contribution in [2.45, 2.75) is 12.1 Å². The largest absolute Gasteiger partial charge is 0.416 e. The fraction of sp³-hybridized carbons (Fsp3) is 0.400. The van der Waals surface area contributed by atoms with Gasteiger partial charge in [0.05, 0.1) is 5.56 Å². The quantitative estimate of drug-likeness (QED) is 0.822. The minimum Gasteiger partial charge on any atom is -0.315 e. The summed E-state index contributed by atoms with van der Waals surface area (Å²) in [5.74, 6) is 0.812. The van der Waals surface area contributed by atoms with Gasteiger partial charge in [-0.3, -0.25) is 0 Å². The zero-order chi connectivity index (χ0) is 12.0. The lowest BCUT2D eigenvalue weighted by Gasteiger charge is -2.23. The van der Waals surface area contributed by atoms with Crippen molar-refractivity contribution < 1.29 is 13.2 Å². The van der Waals surface area contributed by atoms with Gasteiger partial charge < -0.3 is 5.32 Å². The van der Waals surface area contributed by atoms with Gasteiger partial charge in [0.1, 0.15) is 0 Å². The van der Waals surface area contributed by atoms with Crippen LogP contribution in [0.3, 0.4) is 0 Å². The van der Waals surface area contributed by atoms with Gasteiger partial charge in [0.2, 0.25) is 0 Å². The van der Waals surface area contributed by atoms with E-state index < -0.39 is 11.7 Å². The van der Waals surface area contributed by atoms with Crippen molar-refractivity contribution in [3.05, 3.63) is 29.7 Å². The van der Waals surface area contributed by atoms with Crippen LogP contribution in [-0.4, -0.2) is 27.7 Å². The van der Waals surface area contributed by atoms with Gasteiger partial charge in [0.15, 0.2) is 11.5 Å². The van der Waals surface area contributed by atoms with Gasteiger partial charge in [-0.05, 0) is 12.1 Å². The molecule has 17 heavy (non-hydrogen) atoms. The second-order valence-corrected chi connectivity index (χ2v) is 4.04. The summed E-state index contributed by atoms with van der Waals surface area (Å²) in [4.78, 5) is 4.12. The third-order valence-corrected chi connectivity index (χ3v) is 2.83. The lowest BCUT2D eigenvalue weighted by atomic mass is 10.0. The molecule has 2 aromatic heterocycles. The average molecular weight is 242 g/mol. The Morgan fingerprint density at radius 2 is 2.12 bits per heavy atom. The summed E-state index contributed by atoms with van der Waals surface area (Å²) in [5.41, 5.74) is -0.461. The molecule has 0 unspecified atom stereocenters. The maximum Gasteiger partial charge on any atom is 0.416 e. The first-order valence-electron chi connectivity index (χ1n) is 5.18. The van der Waals surface area contributed by atoms with E-state index in [1.165, 1.54) is 10.7 Å². The highest BCUT2D eigenvalue weighted by molar-refractivity contribution is 5.42. The van der Waals surface area contributed by atoms with Crippen molar-refractivity contribution in [1.82, 2.24) is 19.9 Å². The predicted molar refractivity (Wildman–Crippen MR) is 53.6 cm³/mol. The normalized spacial score (nSPS) is 17.4. The molecule has 2 aromatic rings. The van der Waals surface area contributed by atoms with Crippen molar-refractivity contribution in [1.29, 1.82) is 0 Å². The molecule has 0 aliphatic carbocycles. The van der Waals surface area contributed by atoms with E-state index >= 15 is 0 Å². The van der Waals surface area contributed by atoms with E-state index in [0.717, 1.165) is 25.2 Å². The van der Waals surface area contributed by atoms with Crippen LogP contribution in [0.2, 0.25) is 0 Å². The zero-order valence-corrected chi connectivity index (χ0v) is 8.70. The number of nitrogens with zero attached hydrogens (tertiary/aromatic N) is 3. The Morgan fingerprint density at radius 3 is 2.71 bits per heavy atom. The summed E-state index contributed by atoms with van der Waals surface area (Å²) >= 11 is 0. The third-order valence-electron chi connectivity index (χ3n) is 2.83. The molecular formula is C10H9F3N4. The van der Waals surface area contributed by atoms with E-state index in [1.807, 2.05) is 0 Å². The average Bonchev–Trinajstić information content (AvgIpc) is 2.54. The molecule has 0 radical (unpaired) electrons. The van der Waals surface area contributed by atoms with Gasteiger partial charge in [0, 0.05) is 25.2 Å². The SMILES string of the molecule is FC(F)(F)c1ccn2nc(C3CNC3)nc2c1. The first-order chi connectivity index (χ1) is 8.04. The van der Waals surface area contributed by atoms with Crippen molar-refractivity contribution in [3.63, 3.8) is 0 Å². The Bertz CT molecular complexity index is 556. The molecule has 4 nitrogen and oxygen atoms in total. The van der Waals surface area contributed by atoms with Crippen LogP contribution in [0.1, 0.15) is 17.3 Å². The lowest BCUT2D eigenvalue weighted by Crippen LogP contribution is -2.40. The number of fused-ring (bicyclic) bond motifs is 1. The summed E-state index contributed by atoms with van der Waals surface area (Å²) in [6.07, 6.45) is -3.05. The Labute approximate surface area is 94.5 Å². The molecule has 1 fully saturated rings. The molecule has 90 valence electrons. The number of hydrogen-bond donors (Lipinski definition) is 1. The van der Waals surface area contributed by atoms with E-state index in [9.17, 15) is 13.2 Å². The van der Waals surface area contributed by atoms with E-state index in [0.29, 0.717) is 5.82 Å². The van der Waals surface area contributed by atoms with Crippen molar-refractivity contribution in [3.8, 4) is 0 Å². The number of halogens is 3. The summed E-state index contributed by atoms with van der Waals surface area (Å²) < 4.78 is 38.9. The molecule has 0 spiro atoms. The molecule has 3 heterocycles. The van der Waals surface area contributed by atoms with Gasteiger partial charge in [-0.25, -0.2) is 9.50 Å². The van der Waals surface area contributed by atoms with Crippen LogP contribution in [0.15, 0.2) is 18.3 Å². The number of aromatic nitrogens is 3. The number of nitrogens with one attached hydrogen (secondary N) is 1. The predicted octanol–water partition coefficient (Wildman–Crippen LogP) is 1.43. The van der Waals surface area contributed by atoms with Gasteiger partial charge in [-0.2, -0.15) is 18.3 Å². The standard InChI is InChI=1S/C10H9F3N4/c11-10(12,13)7-1-2-17-8(3-7)15-9(16-17)6-4-14-5-6/h1-3,6,14H,4-5H2. The minimum atomic E-state index is -4.34. The van der Waals surface area contributed by atoms with Crippen LogP contribution in [0.5, 0.6) is 0 Å². The molecule has 0 atom stereocenters. The lowest BCUT2D eigenvalue weighted by molar-refractivity contribution is -0.137. The topological polar surface area (TPSA) is 42.2 Å². The second kappa shape index (κ2) is 3.43. The third kappa shape index (κ3) is 1.76. The monoisotopic (exact) mass is 242 g/mol. The Morgan fingerprint density at radius 1 is 1.35 bits per heavy atom. The molecule has 3 rings (SSSR count). The number of alkyl halides is 3. The first-order valence-corrected chi connectivity index (χ1v) is 5.18. The molecule has 1 N–H and O–H groups in total. The molecular weight excluding hydrogens is 233 g/mol. The second-order valence-electron chi connectivity index (χ2n) is 4.04. The maximum atomic E-state index is 12.5. The summed E-state index contributed by atoms with van der Waals surface area (Å²) in [6.45, 7) is 1.56. The van der Waals surface area contributed by atoms with Gasteiger partial charge in [-0.15, -0.1) is 0 Å². The smallest absolute Gasteiger partial charge is 0.315 e. The van der Waals surface area contributed by atoms with Crippen LogP contribution < -0.4 is 5.32 Å². The number of rotatable bonds is 1. The van der Waals surface area contributed by atoms with E-state index in [4.69, 9.17) is 0 Å². The fourth-order valence-corrected chi connectivity index (χ4v) is 1.72. The highest BCUT2D eigenvalue weighted by Gasteiger charge is 2.31. The molecule has 0 amide bonds. The minimum absolute atomic E-state index is 0.212. The van der Waals surface area contributed by atoms with E-state index in [1.54, 1.807) is 0 Å². The summed E-state index contributed by atoms with van der Waals surface area (Å²) in [5, 5.41) is 7.23.